The summed E-state index contributed by atoms with van der Waals surface area (Å²) in [7, 11) is -3.68. The van der Waals surface area contributed by atoms with Crippen molar-refractivity contribution < 1.29 is 8.42 Å². The first-order valence-electron chi connectivity index (χ1n) is 4.71. The monoisotopic (exact) mass is 253 g/mol. The summed E-state index contributed by atoms with van der Waals surface area (Å²) in [6.45, 7) is 0. The van der Waals surface area contributed by atoms with Gasteiger partial charge in [0, 0.05) is 6.20 Å². The van der Waals surface area contributed by atoms with Gasteiger partial charge in [0.05, 0.1) is 17.6 Å². The number of rotatable bonds is 4. The number of H-pyrrole nitrogens is 1. The summed E-state index contributed by atoms with van der Waals surface area (Å²) in [5, 5.41) is 6.17. The number of para-hydroxylation sites is 1. The zero-order valence-corrected chi connectivity index (χ0v) is 9.53. The third-order valence-corrected chi connectivity index (χ3v) is 3.52. The third-order valence-electron chi connectivity index (χ3n) is 2.08. The van der Waals surface area contributed by atoms with E-state index in [1.807, 2.05) is 0 Å². The molecule has 17 heavy (non-hydrogen) atoms. The molecule has 2 rings (SSSR count). The van der Waals surface area contributed by atoms with Crippen LogP contribution in [0.1, 0.15) is 0 Å². The smallest absolute Gasteiger partial charge is 0.264 e. The number of nitrogens with zero attached hydrogens (tertiary/aromatic N) is 1. The second-order valence-corrected chi connectivity index (χ2v) is 4.88. The molecule has 1 heterocycles. The van der Waals surface area contributed by atoms with Crippen LogP contribution in [0.2, 0.25) is 0 Å². The van der Waals surface area contributed by atoms with Gasteiger partial charge in [-0.3, -0.25) is 15.7 Å². The van der Waals surface area contributed by atoms with Gasteiger partial charge in [0.2, 0.25) is 0 Å². The number of anilines is 2. The second-order valence-electron chi connectivity index (χ2n) is 3.23. The van der Waals surface area contributed by atoms with Gasteiger partial charge in [-0.1, -0.05) is 12.1 Å². The van der Waals surface area contributed by atoms with Gasteiger partial charge in [0.15, 0.2) is 0 Å². The number of nitrogens with one attached hydrogen (secondary N) is 3. The van der Waals surface area contributed by atoms with Crippen molar-refractivity contribution in [1.29, 1.82) is 0 Å². The van der Waals surface area contributed by atoms with Crippen LogP contribution in [-0.2, 0) is 10.0 Å². The second kappa shape index (κ2) is 4.44. The molecule has 0 spiro atoms. The molecule has 0 atom stereocenters. The molecule has 0 fully saturated rings. The van der Waals surface area contributed by atoms with Crippen LogP contribution in [0.5, 0.6) is 0 Å². The largest absolute Gasteiger partial charge is 0.323 e. The quantitative estimate of drug-likeness (QED) is 0.468. The molecule has 0 saturated carbocycles. The van der Waals surface area contributed by atoms with Crippen LogP contribution >= 0.6 is 0 Å². The molecule has 1 aromatic heterocycles. The highest BCUT2D eigenvalue weighted by Crippen LogP contribution is 2.22. The van der Waals surface area contributed by atoms with E-state index >= 15 is 0 Å². The summed E-state index contributed by atoms with van der Waals surface area (Å²) >= 11 is 0. The Hall–Kier alpha value is -2.06. The van der Waals surface area contributed by atoms with E-state index < -0.39 is 10.0 Å². The first-order valence-corrected chi connectivity index (χ1v) is 6.19. The summed E-state index contributed by atoms with van der Waals surface area (Å²) in [5.41, 5.74) is 3.02. The van der Waals surface area contributed by atoms with Gasteiger partial charge in [-0.05, 0) is 12.1 Å². The topological polar surface area (TPSA) is 113 Å². The fourth-order valence-corrected chi connectivity index (χ4v) is 2.54. The van der Waals surface area contributed by atoms with E-state index in [0.29, 0.717) is 11.4 Å². The first-order chi connectivity index (χ1) is 8.13. The number of sulfonamides is 1. The molecule has 0 saturated heterocycles. The molecule has 0 aliphatic heterocycles. The van der Waals surface area contributed by atoms with E-state index in [-0.39, 0.29) is 4.90 Å². The lowest BCUT2D eigenvalue weighted by Gasteiger charge is -2.10. The first kappa shape index (κ1) is 11.4. The van der Waals surface area contributed by atoms with E-state index in [1.165, 1.54) is 18.5 Å². The molecular formula is C9H11N5O2S. The van der Waals surface area contributed by atoms with Gasteiger partial charge in [0.1, 0.15) is 4.90 Å². The third kappa shape index (κ3) is 2.37. The minimum atomic E-state index is -3.68. The van der Waals surface area contributed by atoms with Crippen molar-refractivity contribution in [2.45, 2.75) is 4.90 Å². The molecule has 0 aliphatic rings. The zero-order valence-electron chi connectivity index (χ0n) is 8.71. The Morgan fingerprint density at radius 3 is 2.71 bits per heavy atom. The van der Waals surface area contributed by atoms with Crippen LogP contribution in [0.15, 0.2) is 41.6 Å². The zero-order chi connectivity index (χ0) is 12.3. The fraction of sp³-hybridized carbons (Fsp3) is 0. The molecule has 0 aliphatic carbocycles. The lowest BCUT2D eigenvalue weighted by Crippen LogP contribution is -2.17. The molecule has 1 aromatic carbocycles. The summed E-state index contributed by atoms with van der Waals surface area (Å²) in [6.07, 6.45) is 2.81. The van der Waals surface area contributed by atoms with Crippen LogP contribution in [0.25, 0.3) is 0 Å². The standard InChI is InChI=1S/C9H11N5O2S/c10-13-8-3-1-2-4-9(8)17(15,16)14-7-5-11-12-6-7/h1-6,13-14H,10H2,(H,11,12). The highest BCUT2D eigenvalue weighted by atomic mass is 32.2. The number of aromatic nitrogens is 2. The minimum absolute atomic E-state index is 0.0729. The van der Waals surface area contributed by atoms with Crippen molar-refractivity contribution in [2.75, 3.05) is 10.1 Å². The Balaban J connectivity index is 2.38. The van der Waals surface area contributed by atoms with Gasteiger partial charge in [-0.25, -0.2) is 8.42 Å². The summed E-state index contributed by atoms with van der Waals surface area (Å²) in [4.78, 5) is 0.0729. The van der Waals surface area contributed by atoms with Crippen molar-refractivity contribution in [3.63, 3.8) is 0 Å². The molecule has 7 nitrogen and oxygen atoms in total. The summed E-state index contributed by atoms with van der Waals surface area (Å²) in [6, 6.07) is 6.33. The van der Waals surface area contributed by atoms with Crippen LogP contribution in [0.4, 0.5) is 11.4 Å². The number of benzene rings is 1. The van der Waals surface area contributed by atoms with Gasteiger partial charge >= 0.3 is 0 Å². The minimum Gasteiger partial charge on any atom is -0.323 e. The molecule has 0 radical (unpaired) electrons. The van der Waals surface area contributed by atoms with E-state index in [4.69, 9.17) is 5.84 Å². The van der Waals surface area contributed by atoms with E-state index in [2.05, 4.69) is 20.3 Å². The Morgan fingerprint density at radius 1 is 1.29 bits per heavy atom. The predicted octanol–water partition coefficient (Wildman–Crippen LogP) is 0.496. The molecule has 0 amide bonds. The molecule has 8 heteroatoms. The SMILES string of the molecule is NNc1ccccc1S(=O)(=O)Nc1cn[nH]c1. The van der Waals surface area contributed by atoms with Gasteiger partial charge in [0.25, 0.3) is 10.0 Å². The maximum absolute atomic E-state index is 12.0. The predicted molar refractivity (Wildman–Crippen MR) is 63.6 cm³/mol. The van der Waals surface area contributed by atoms with E-state index in [9.17, 15) is 8.42 Å². The van der Waals surface area contributed by atoms with Crippen LogP contribution in [0.3, 0.4) is 0 Å². The van der Waals surface area contributed by atoms with Crippen molar-refractivity contribution in [1.82, 2.24) is 10.2 Å². The molecule has 2 aromatic rings. The maximum atomic E-state index is 12.0. The van der Waals surface area contributed by atoms with E-state index in [1.54, 1.807) is 18.2 Å². The van der Waals surface area contributed by atoms with Crippen LogP contribution in [0, 0.1) is 0 Å². The van der Waals surface area contributed by atoms with Crippen LogP contribution in [-0.4, -0.2) is 18.6 Å². The Morgan fingerprint density at radius 2 is 2.06 bits per heavy atom. The molecule has 0 bridgehead atoms. The maximum Gasteiger partial charge on any atom is 0.264 e. The number of nitrogens with two attached hydrogens (primary N) is 1. The van der Waals surface area contributed by atoms with Crippen molar-refractivity contribution in [2.24, 2.45) is 5.84 Å². The number of hydrogen-bond acceptors (Lipinski definition) is 5. The highest BCUT2D eigenvalue weighted by molar-refractivity contribution is 7.92. The lowest BCUT2D eigenvalue weighted by molar-refractivity contribution is 0.601. The van der Waals surface area contributed by atoms with Crippen molar-refractivity contribution in [3.8, 4) is 0 Å². The number of hydrogen-bond donors (Lipinski definition) is 4. The van der Waals surface area contributed by atoms with Gasteiger partial charge in [-0.15, -0.1) is 0 Å². The highest BCUT2D eigenvalue weighted by Gasteiger charge is 2.18. The normalized spacial score (nSPS) is 11.1. The average molecular weight is 253 g/mol. The molecule has 0 unspecified atom stereocenters. The van der Waals surface area contributed by atoms with Gasteiger partial charge < -0.3 is 5.43 Å². The number of hydrazine groups is 1. The Kier molecular flexibility index (Phi) is 2.98. The molecular weight excluding hydrogens is 242 g/mol. The molecule has 5 N–H and O–H groups in total. The average Bonchev–Trinajstić information content (AvgIpc) is 2.81. The molecule has 90 valence electrons. The van der Waals surface area contributed by atoms with Crippen molar-refractivity contribution >= 4 is 21.4 Å². The number of aromatic amines is 1. The number of nitrogen functional groups attached to an aromatic ring is 1. The van der Waals surface area contributed by atoms with E-state index in [0.717, 1.165) is 0 Å². The lowest BCUT2D eigenvalue weighted by atomic mass is 10.3. The van der Waals surface area contributed by atoms with Crippen LogP contribution < -0.4 is 16.0 Å². The van der Waals surface area contributed by atoms with Crippen molar-refractivity contribution in [3.05, 3.63) is 36.7 Å². The Labute approximate surface area is 98.1 Å². The fourth-order valence-electron chi connectivity index (χ4n) is 1.34. The summed E-state index contributed by atoms with van der Waals surface area (Å²) in [5.74, 6) is 5.26. The Bertz CT molecular complexity index is 594. The summed E-state index contributed by atoms with van der Waals surface area (Å²) < 4.78 is 26.4. The van der Waals surface area contributed by atoms with Gasteiger partial charge in [-0.2, -0.15) is 5.10 Å².